The fourth-order valence-corrected chi connectivity index (χ4v) is 4.75. The number of hydrogen-bond donors (Lipinski definition) is 1. The van der Waals surface area contributed by atoms with Crippen LogP contribution in [-0.4, -0.2) is 48.6 Å². The van der Waals surface area contributed by atoms with E-state index in [1.165, 1.54) is 23.5 Å². The van der Waals surface area contributed by atoms with E-state index in [0.717, 1.165) is 5.69 Å². The van der Waals surface area contributed by atoms with Gasteiger partial charge in [0.25, 0.3) is 0 Å². The highest BCUT2D eigenvalue weighted by Crippen LogP contribution is 2.26. The lowest BCUT2D eigenvalue weighted by atomic mass is 9.99. The number of benzene rings is 1. The van der Waals surface area contributed by atoms with Crippen molar-refractivity contribution < 1.29 is 17.9 Å². The van der Waals surface area contributed by atoms with E-state index in [9.17, 15) is 13.2 Å². The van der Waals surface area contributed by atoms with Crippen LogP contribution in [0, 0.1) is 12.8 Å². The van der Waals surface area contributed by atoms with Gasteiger partial charge in [-0.05, 0) is 44.0 Å². The minimum absolute atomic E-state index is 0.164. The molecule has 1 aliphatic heterocycles. The molecule has 1 N–H and O–H groups in total. The number of hydrogen-bond acceptors (Lipinski definition) is 5. The molecule has 1 aromatic carbocycles. The summed E-state index contributed by atoms with van der Waals surface area (Å²) in [6.07, 6.45) is 1.29. The molecule has 1 atom stereocenters. The summed E-state index contributed by atoms with van der Waals surface area (Å²) in [5, 5.41) is 7.05. The van der Waals surface area contributed by atoms with Crippen LogP contribution in [0.2, 0.25) is 0 Å². The molecule has 27 heavy (non-hydrogen) atoms. The number of nitrogens with one attached hydrogen (secondary N) is 1. The Kier molecular flexibility index (Phi) is 5.52. The van der Waals surface area contributed by atoms with Gasteiger partial charge in [0.1, 0.15) is 11.6 Å². The topological polar surface area (TPSA) is 93.5 Å². The standard InChI is InChI=1S/C18H24N4O4S/c1-13-11-17(21(2)20-13)19-18(23)14-5-4-10-22(12-14)27(24,25)16-8-6-15(26-3)7-9-16/h6-9,11,14H,4-5,10,12H2,1-3H3,(H,19,23)/t14-/m1/s1. The van der Waals surface area contributed by atoms with Gasteiger partial charge in [-0.2, -0.15) is 9.40 Å². The van der Waals surface area contributed by atoms with Gasteiger partial charge in [0, 0.05) is 26.2 Å². The second-order valence-corrected chi connectivity index (χ2v) is 8.60. The van der Waals surface area contributed by atoms with Gasteiger partial charge in [-0.3, -0.25) is 9.48 Å². The van der Waals surface area contributed by atoms with E-state index in [-0.39, 0.29) is 17.3 Å². The average Bonchev–Trinajstić information content (AvgIpc) is 2.98. The van der Waals surface area contributed by atoms with E-state index in [4.69, 9.17) is 4.74 Å². The quantitative estimate of drug-likeness (QED) is 0.837. The molecule has 1 amide bonds. The molecule has 1 fully saturated rings. The zero-order valence-corrected chi connectivity index (χ0v) is 16.5. The molecule has 0 bridgehead atoms. The Hall–Kier alpha value is -2.39. The third kappa shape index (κ3) is 4.14. The molecule has 2 heterocycles. The third-order valence-electron chi connectivity index (χ3n) is 4.71. The van der Waals surface area contributed by atoms with Crippen molar-refractivity contribution in [1.82, 2.24) is 14.1 Å². The van der Waals surface area contributed by atoms with Crippen molar-refractivity contribution in [3.63, 3.8) is 0 Å². The number of carbonyl (C=O) groups is 1. The fourth-order valence-electron chi connectivity index (χ4n) is 3.23. The van der Waals surface area contributed by atoms with Gasteiger partial charge in [-0.15, -0.1) is 0 Å². The van der Waals surface area contributed by atoms with Gasteiger partial charge in [-0.25, -0.2) is 8.42 Å². The zero-order chi connectivity index (χ0) is 19.6. The van der Waals surface area contributed by atoms with Crippen molar-refractivity contribution in [2.75, 3.05) is 25.5 Å². The average molecular weight is 392 g/mol. The predicted molar refractivity (Wildman–Crippen MR) is 101 cm³/mol. The van der Waals surface area contributed by atoms with E-state index in [0.29, 0.717) is 31.0 Å². The lowest BCUT2D eigenvalue weighted by Crippen LogP contribution is -2.43. The van der Waals surface area contributed by atoms with Crippen molar-refractivity contribution in [2.45, 2.75) is 24.7 Å². The summed E-state index contributed by atoms with van der Waals surface area (Å²) in [6.45, 7) is 2.42. The van der Waals surface area contributed by atoms with Gasteiger partial charge in [0.2, 0.25) is 15.9 Å². The lowest BCUT2D eigenvalue weighted by molar-refractivity contribution is -0.120. The largest absolute Gasteiger partial charge is 0.497 e. The highest BCUT2D eigenvalue weighted by atomic mass is 32.2. The number of sulfonamides is 1. The van der Waals surface area contributed by atoms with E-state index < -0.39 is 15.9 Å². The summed E-state index contributed by atoms with van der Waals surface area (Å²) in [4.78, 5) is 12.8. The molecule has 0 aliphatic carbocycles. The summed E-state index contributed by atoms with van der Waals surface area (Å²) < 4.78 is 33.9. The molecule has 0 radical (unpaired) electrons. The molecule has 3 rings (SSSR count). The number of amides is 1. The Balaban J connectivity index is 1.72. The minimum atomic E-state index is -3.65. The fraction of sp³-hybridized carbons (Fsp3) is 0.444. The molecule has 146 valence electrons. The van der Waals surface area contributed by atoms with Crippen LogP contribution >= 0.6 is 0 Å². The Morgan fingerprint density at radius 3 is 2.59 bits per heavy atom. The smallest absolute Gasteiger partial charge is 0.243 e. The van der Waals surface area contributed by atoms with Crippen molar-refractivity contribution in [2.24, 2.45) is 13.0 Å². The first kappa shape index (κ1) is 19.4. The van der Waals surface area contributed by atoms with Crippen molar-refractivity contribution in [3.05, 3.63) is 36.0 Å². The van der Waals surface area contributed by atoms with Crippen LogP contribution in [0.5, 0.6) is 5.75 Å². The Morgan fingerprint density at radius 1 is 1.30 bits per heavy atom. The predicted octanol–water partition coefficient (Wildman–Crippen LogP) is 1.78. The normalized spacial score (nSPS) is 18.3. The van der Waals surface area contributed by atoms with Crippen LogP contribution in [0.25, 0.3) is 0 Å². The molecule has 1 aliphatic rings. The SMILES string of the molecule is COc1ccc(S(=O)(=O)N2CCC[C@@H](C(=O)Nc3cc(C)nn3C)C2)cc1. The molecule has 0 spiro atoms. The summed E-state index contributed by atoms with van der Waals surface area (Å²) in [7, 11) is -0.367. The molecule has 0 saturated carbocycles. The van der Waals surface area contributed by atoms with Crippen molar-refractivity contribution in [3.8, 4) is 5.75 Å². The Morgan fingerprint density at radius 2 is 2.00 bits per heavy atom. The molecule has 8 nitrogen and oxygen atoms in total. The van der Waals surface area contributed by atoms with Gasteiger partial charge in [0.15, 0.2) is 0 Å². The lowest BCUT2D eigenvalue weighted by Gasteiger charge is -2.31. The van der Waals surface area contributed by atoms with Crippen LogP contribution in [0.1, 0.15) is 18.5 Å². The molecule has 1 aromatic heterocycles. The molecule has 1 saturated heterocycles. The van der Waals surface area contributed by atoms with Gasteiger partial charge in [-0.1, -0.05) is 0 Å². The minimum Gasteiger partial charge on any atom is -0.497 e. The van der Waals surface area contributed by atoms with Crippen LogP contribution < -0.4 is 10.1 Å². The van der Waals surface area contributed by atoms with E-state index >= 15 is 0 Å². The number of piperidine rings is 1. The maximum atomic E-state index is 12.9. The molecule has 2 aromatic rings. The summed E-state index contributed by atoms with van der Waals surface area (Å²) in [6, 6.07) is 8.07. The van der Waals surface area contributed by atoms with Crippen molar-refractivity contribution >= 4 is 21.7 Å². The number of anilines is 1. The number of nitrogens with zero attached hydrogens (tertiary/aromatic N) is 3. The summed E-state index contributed by atoms with van der Waals surface area (Å²) in [5.41, 5.74) is 0.806. The summed E-state index contributed by atoms with van der Waals surface area (Å²) >= 11 is 0. The molecular weight excluding hydrogens is 368 g/mol. The number of aryl methyl sites for hydroxylation is 2. The Bertz CT molecular complexity index is 921. The van der Waals surface area contributed by atoms with Crippen molar-refractivity contribution in [1.29, 1.82) is 0 Å². The van der Waals surface area contributed by atoms with E-state index in [2.05, 4.69) is 10.4 Å². The highest BCUT2D eigenvalue weighted by Gasteiger charge is 2.33. The molecule has 9 heteroatoms. The van der Waals surface area contributed by atoms with E-state index in [1.807, 2.05) is 6.92 Å². The van der Waals surface area contributed by atoms with Gasteiger partial charge < -0.3 is 10.1 Å². The number of aromatic nitrogens is 2. The third-order valence-corrected chi connectivity index (χ3v) is 6.58. The number of carbonyl (C=O) groups excluding carboxylic acids is 1. The molecule has 0 unspecified atom stereocenters. The van der Waals surface area contributed by atoms with Gasteiger partial charge >= 0.3 is 0 Å². The maximum absolute atomic E-state index is 12.9. The monoisotopic (exact) mass is 392 g/mol. The molecular formula is C18H24N4O4S. The summed E-state index contributed by atoms with van der Waals surface area (Å²) in [5.74, 6) is 0.610. The number of ether oxygens (including phenoxy) is 1. The van der Waals surface area contributed by atoms with Crippen LogP contribution in [-0.2, 0) is 21.9 Å². The first-order valence-corrected chi connectivity index (χ1v) is 10.2. The van der Waals surface area contributed by atoms with Gasteiger partial charge in [0.05, 0.1) is 23.6 Å². The number of rotatable bonds is 5. The van der Waals surface area contributed by atoms with Crippen LogP contribution in [0.4, 0.5) is 5.82 Å². The van der Waals surface area contributed by atoms with Crippen LogP contribution in [0.3, 0.4) is 0 Å². The second kappa shape index (κ2) is 7.69. The second-order valence-electron chi connectivity index (χ2n) is 6.66. The first-order valence-electron chi connectivity index (χ1n) is 8.77. The zero-order valence-electron chi connectivity index (χ0n) is 15.7. The first-order chi connectivity index (χ1) is 12.8. The Labute approximate surface area is 159 Å². The highest BCUT2D eigenvalue weighted by molar-refractivity contribution is 7.89. The van der Waals surface area contributed by atoms with Crippen LogP contribution in [0.15, 0.2) is 35.2 Å². The maximum Gasteiger partial charge on any atom is 0.243 e. The number of methoxy groups -OCH3 is 1. The van der Waals surface area contributed by atoms with E-state index in [1.54, 1.807) is 29.9 Å².